The van der Waals surface area contributed by atoms with Crippen LogP contribution in [0.4, 0.5) is 0 Å². The van der Waals surface area contributed by atoms with Crippen molar-refractivity contribution in [3.05, 3.63) is 45.7 Å². The Balaban J connectivity index is 1.89. The molecule has 1 aromatic rings. The Bertz CT molecular complexity index is 1300. The fraction of sp³-hybridized carbons (Fsp3) is 0.536. The van der Waals surface area contributed by atoms with E-state index in [1.165, 1.54) is 13.8 Å². The summed E-state index contributed by atoms with van der Waals surface area (Å²) in [7, 11) is 0. The average Bonchev–Trinajstić information content (AvgIpc) is 2.76. The van der Waals surface area contributed by atoms with E-state index in [2.05, 4.69) is 26.1 Å². The zero-order chi connectivity index (χ0) is 27.9. The Kier molecular flexibility index (Phi) is 5.93. The molecule has 0 bridgehead atoms. The third-order valence-corrected chi connectivity index (χ3v) is 8.54. The third-order valence-electron chi connectivity index (χ3n) is 8.54. The number of aromatic hydroxyl groups is 1. The van der Waals surface area contributed by atoms with Crippen molar-refractivity contribution in [1.82, 2.24) is 5.32 Å². The van der Waals surface area contributed by atoms with E-state index in [1.807, 2.05) is 0 Å². The lowest BCUT2D eigenvalue weighted by molar-refractivity contribution is -0.173. The fourth-order valence-corrected chi connectivity index (χ4v) is 6.52. The molecule has 3 aliphatic carbocycles. The molecule has 0 aromatic heterocycles. The lowest BCUT2D eigenvalue weighted by atomic mass is 9.45. The number of phenolic OH excluding ortho intramolecular Hbond substituents is 1. The van der Waals surface area contributed by atoms with Gasteiger partial charge in [0.05, 0.1) is 5.56 Å². The van der Waals surface area contributed by atoms with E-state index in [-0.39, 0.29) is 35.1 Å². The van der Waals surface area contributed by atoms with Gasteiger partial charge in [0.2, 0.25) is 5.78 Å². The highest BCUT2D eigenvalue weighted by Gasteiger charge is 2.71. The molecule has 0 unspecified atom stereocenters. The highest BCUT2D eigenvalue weighted by atomic mass is 16.3. The number of Topliss-reactive ketones (excluding diaryl/α,β-unsaturated/α-hetero) is 2. The van der Waals surface area contributed by atoms with Crippen LogP contribution in [-0.2, 0) is 27.3 Å². The summed E-state index contributed by atoms with van der Waals surface area (Å²) in [6.45, 7) is 12.0. The number of carbonyl (C=O) groups is 3. The smallest absolute Gasteiger partial charge is 0.255 e. The van der Waals surface area contributed by atoms with Crippen molar-refractivity contribution < 1.29 is 34.8 Å². The number of carbonyl (C=O) groups excluding carboxylic acids is 3. The number of amides is 1. The fourth-order valence-electron chi connectivity index (χ4n) is 6.52. The zero-order valence-electron chi connectivity index (χ0n) is 22.2. The van der Waals surface area contributed by atoms with Gasteiger partial charge in [-0.15, -0.1) is 0 Å². The minimum atomic E-state index is -2.66. The molecule has 4 atom stereocenters. The molecule has 1 amide bonds. The number of hydrogen-bond donors (Lipinski definition) is 6. The van der Waals surface area contributed by atoms with Crippen LogP contribution in [0.5, 0.6) is 5.75 Å². The summed E-state index contributed by atoms with van der Waals surface area (Å²) < 4.78 is 0. The van der Waals surface area contributed by atoms with Crippen LogP contribution in [0.2, 0.25) is 0 Å². The Morgan fingerprint density at radius 2 is 1.78 bits per heavy atom. The minimum Gasteiger partial charge on any atom is -0.508 e. The van der Waals surface area contributed by atoms with Crippen molar-refractivity contribution in [2.24, 2.45) is 27.9 Å². The van der Waals surface area contributed by atoms with Crippen LogP contribution in [0, 0.1) is 22.2 Å². The van der Waals surface area contributed by atoms with Crippen LogP contribution in [0.1, 0.15) is 64.7 Å². The normalized spacial score (nSPS) is 31.7. The number of aliphatic hydroxyl groups is 3. The number of nitrogens with one attached hydrogen (secondary N) is 1. The number of benzene rings is 1. The van der Waals surface area contributed by atoms with Crippen LogP contribution in [-0.4, -0.2) is 50.0 Å². The summed E-state index contributed by atoms with van der Waals surface area (Å²) in [6, 6.07) is 3.57. The van der Waals surface area contributed by atoms with Crippen LogP contribution in [0.15, 0.2) is 29.0 Å². The first-order chi connectivity index (χ1) is 16.9. The van der Waals surface area contributed by atoms with Gasteiger partial charge in [0.15, 0.2) is 11.4 Å². The second-order valence-corrected chi connectivity index (χ2v) is 12.5. The Morgan fingerprint density at radius 3 is 2.35 bits per heavy atom. The largest absolute Gasteiger partial charge is 0.508 e. The number of aliphatic hydroxyl groups excluding tert-OH is 2. The third kappa shape index (κ3) is 3.62. The van der Waals surface area contributed by atoms with Crippen molar-refractivity contribution in [3.8, 4) is 5.75 Å². The first kappa shape index (κ1) is 26.9. The second-order valence-electron chi connectivity index (χ2n) is 12.5. The molecule has 0 heterocycles. The van der Waals surface area contributed by atoms with E-state index in [9.17, 15) is 34.8 Å². The standard InChI is InChI=1S/C28H36N2O7/c1-13-19(31)17(24(29)36)22(34)28(37)23(35)18-21(33)16-14(9-26(18,5)11-27(13,28)6)7-8-15(20(16)32)10-30-12-25(2,3)4/h7-8,13,30,32-34,37H,9-12H2,1-6H3,(H2,29,36)/t13-,26+,27+,28-/m1/s1. The summed E-state index contributed by atoms with van der Waals surface area (Å²) >= 11 is 0. The molecule has 9 nitrogen and oxygen atoms in total. The van der Waals surface area contributed by atoms with Crippen LogP contribution in [0.25, 0.3) is 5.76 Å². The number of phenols is 1. The van der Waals surface area contributed by atoms with E-state index in [4.69, 9.17) is 5.73 Å². The molecule has 0 radical (unpaired) electrons. The van der Waals surface area contributed by atoms with Gasteiger partial charge in [-0.25, -0.2) is 0 Å². The van der Waals surface area contributed by atoms with Crippen LogP contribution < -0.4 is 11.1 Å². The highest BCUT2D eigenvalue weighted by molar-refractivity contribution is 6.24. The molecule has 1 saturated carbocycles. The maximum Gasteiger partial charge on any atom is 0.255 e. The maximum absolute atomic E-state index is 14.0. The quantitative estimate of drug-likeness (QED) is 0.334. The van der Waals surface area contributed by atoms with E-state index in [0.29, 0.717) is 24.2 Å². The predicted octanol–water partition coefficient (Wildman–Crippen LogP) is 2.59. The van der Waals surface area contributed by atoms with Crippen molar-refractivity contribution in [3.63, 3.8) is 0 Å². The average molecular weight is 513 g/mol. The van der Waals surface area contributed by atoms with Gasteiger partial charge in [-0.3, -0.25) is 14.4 Å². The first-order valence-electron chi connectivity index (χ1n) is 12.4. The van der Waals surface area contributed by atoms with E-state index in [0.717, 1.165) is 0 Å². The molecule has 9 heteroatoms. The van der Waals surface area contributed by atoms with Crippen molar-refractivity contribution in [1.29, 1.82) is 0 Å². The van der Waals surface area contributed by atoms with Crippen LogP contribution >= 0.6 is 0 Å². The monoisotopic (exact) mass is 512 g/mol. The molecule has 0 aliphatic heterocycles. The minimum absolute atomic E-state index is 0.0180. The SMILES string of the molecule is C[C@@H]1C(=O)C(C(N)=O)=C(O)[C@@]2(O)C(=O)C3=C(O)c4c(ccc(CNCC(C)(C)C)c4O)C[C@@]3(C)C[C@@]12C. The van der Waals surface area contributed by atoms with Gasteiger partial charge in [0.1, 0.15) is 22.8 Å². The molecule has 200 valence electrons. The molecule has 4 rings (SSSR count). The number of ketones is 2. The molecule has 7 N–H and O–H groups in total. The van der Waals surface area contributed by atoms with Gasteiger partial charge in [0, 0.05) is 41.0 Å². The Labute approximate surface area is 216 Å². The zero-order valence-corrected chi connectivity index (χ0v) is 22.2. The molecule has 0 saturated heterocycles. The van der Waals surface area contributed by atoms with Gasteiger partial charge in [-0.1, -0.05) is 53.7 Å². The molecule has 3 aliphatic rings. The Hall–Kier alpha value is -3.17. The molecular formula is C28H36N2O7. The van der Waals surface area contributed by atoms with E-state index in [1.54, 1.807) is 19.1 Å². The summed E-state index contributed by atoms with van der Waals surface area (Å²) in [5, 5.41) is 48.6. The molecule has 1 fully saturated rings. The van der Waals surface area contributed by atoms with Crippen molar-refractivity contribution in [2.45, 2.75) is 66.5 Å². The highest BCUT2D eigenvalue weighted by Crippen LogP contribution is 2.63. The van der Waals surface area contributed by atoms with E-state index >= 15 is 0 Å². The summed E-state index contributed by atoms with van der Waals surface area (Å²) in [5.74, 6) is -5.78. The van der Waals surface area contributed by atoms with Gasteiger partial charge >= 0.3 is 0 Å². The van der Waals surface area contributed by atoms with Gasteiger partial charge in [-0.05, 0) is 23.8 Å². The van der Waals surface area contributed by atoms with E-state index < -0.39 is 56.9 Å². The lowest BCUT2D eigenvalue weighted by Crippen LogP contribution is -2.68. The van der Waals surface area contributed by atoms with Gasteiger partial charge in [0.25, 0.3) is 5.91 Å². The summed E-state index contributed by atoms with van der Waals surface area (Å²) in [4.78, 5) is 39.1. The van der Waals surface area contributed by atoms with Crippen molar-refractivity contribution in [2.75, 3.05) is 6.54 Å². The van der Waals surface area contributed by atoms with Crippen molar-refractivity contribution >= 4 is 23.2 Å². The number of hydrogen-bond acceptors (Lipinski definition) is 8. The molecule has 1 aromatic carbocycles. The number of nitrogens with two attached hydrogens (primary N) is 1. The maximum atomic E-state index is 14.0. The molecular weight excluding hydrogens is 476 g/mol. The van der Waals surface area contributed by atoms with Crippen LogP contribution in [0.3, 0.4) is 0 Å². The second kappa shape index (κ2) is 8.16. The molecule has 0 spiro atoms. The molecule has 37 heavy (non-hydrogen) atoms. The summed E-state index contributed by atoms with van der Waals surface area (Å²) in [6.07, 6.45) is 0.288. The number of primary amides is 1. The van der Waals surface area contributed by atoms with Gasteiger partial charge in [-0.2, -0.15) is 0 Å². The lowest BCUT2D eigenvalue weighted by Gasteiger charge is -2.58. The Morgan fingerprint density at radius 1 is 1.16 bits per heavy atom. The summed E-state index contributed by atoms with van der Waals surface area (Å²) in [5.41, 5.74) is 0.459. The number of rotatable bonds is 4. The number of fused-ring (bicyclic) bond motifs is 3. The first-order valence-corrected chi connectivity index (χ1v) is 12.4. The predicted molar refractivity (Wildman–Crippen MR) is 136 cm³/mol. The van der Waals surface area contributed by atoms with Gasteiger partial charge < -0.3 is 31.5 Å². The topological polar surface area (TPSA) is 170 Å².